The number of amides is 1. The molecule has 0 saturated heterocycles. The molecule has 0 aliphatic carbocycles. The molecule has 0 unspecified atom stereocenters. The van der Waals surface area contributed by atoms with E-state index in [9.17, 15) is 14.9 Å². The molecule has 1 atom stereocenters. The molecular formula is C18H15ClN4O3S. The molecule has 27 heavy (non-hydrogen) atoms. The zero-order valence-corrected chi connectivity index (χ0v) is 15.8. The van der Waals surface area contributed by atoms with Gasteiger partial charge < -0.3 is 9.88 Å². The van der Waals surface area contributed by atoms with Crippen molar-refractivity contribution in [3.8, 4) is 0 Å². The molecule has 0 saturated carbocycles. The van der Waals surface area contributed by atoms with Gasteiger partial charge in [-0.25, -0.2) is 4.98 Å². The standard InChI is InChI=1S/C18H15ClN4O3S/c1-22-10-9-20-18(22)27-16(12-5-3-2-4-6-12)17(24)21-15-8-7-13(23(25)26)11-14(15)19/h2-11,16H,1H3,(H,21,24)/t16-/m1/s1. The summed E-state index contributed by atoms with van der Waals surface area (Å²) in [6.07, 6.45) is 3.46. The Labute approximate surface area is 164 Å². The SMILES string of the molecule is Cn1ccnc1S[C@@H](C(=O)Nc1ccc([N+](=O)[O-])cc1Cl)c1ccccc1. The van der Waals surface area contributed by atoms with Crippen molar-refractivity contribution in [2.75, 3.05) is 5.32 Å². The van der Waals surface area contributed by atoms with E-state index in [1.54, 1.807) is 12.4 Å². The van der Waals surface area contributed by atoms with Crippen molar-refractivity contribution in [1.29, 1.82) is 0 Å². The van der Waals surface area contributed by atoms with Crippen molar-refractivity contribution in [3.63, 3.8) is 0 Å². The Bertz CT molecular complexity index is 978. The zero-order chi connectivity index (χ0) is 19.4. The number of carbonyl (C=O) groups excluding carboxylic acids is 1. The predicted octanol–water partition coefficient (Wildman–Crippen LogP) is 4.45. The summed E-state index contributed by atoms with van der Waals surface area (Å²) in [5.74, 6) is -0.301. The molecule has 1 heterocycles. The van der Waals surface area contributed by atoms with Crippen LogP contribution in [-0.4, -0.2) is 20.4 Å². The maximum absolute atomic E-state index is 13.0. The van der Waals surface area contributed by atoms with Crippen LogP contribution in [0, 0.1) is 10.1 Å². The number of rotatable bonds is 6. The van der Waals surface area contributed by atoms with Gasteiger partial charge in [0, 0.05) is 31.6 Å². The van der Waals surface area contributed by atoms with E-state index >= 15 is 0 Å². The number of halogens is 1. The highest BCUT2D eigenvalue weighted by Crippen LogP contribution is 2.36. The topological polar surface area (TPSA) is 90.1 Å². The van der Waals surface area contributed by atoms with Crippen molar-refractivity contribution >= 4 is 40.6 Å². The fourth-order valence-electron chi connectivity index (χ4n) is 2.39. The Morgan fingerprint density at radius 3 is 2.63 bits per heavy atom. The first kappa shape index (κ1) is 18.9. The maximum Gasteiger partial charge on any atom is 0.271 e. The van der Waals surface area contributed by atoms with E-state index in [0.717, 1.165) is 5.56 Å². The number of aromatic nitrogens is 2. The molecule has 0 radical (unpaired) electrons. The van der Waals surface area contributed by atoms with E-state index < -0.39 is 10.2 Å². The normalized spacial score (nSPS) is 11.8. The molecule has 0 aliphatic heterocycles. The number of thioether (sulfide) groups is 1. The number of nitro benzene ring substituents is 1. The number of non-ortho nitro benzene ring substituents is 1. The molecule has 3 rings (SSSR count). The van der Waals surface area contributed by atoms with Crippen molar-refractivity contribution in [2.45, 2.75) is 10.4 Å². The zero-order valence-electron chi connectivity index (χ0n) is 14.2. The minimum atomic E-state index is -0.571. The fraction of sp³-hybridized carbons (Fsp3) is 0.111. The summed E-state index contributed by atoms with van der Waals surface area (Å²) in [7, 11) is 1.85. The van der Waals surface area contributed by atoms with Crippen LogP contribution < -0.4 is 5.32 Å². The molecule has 9 heteroatoms. The number of hydrogen-bond acceptors (Lipinski definition) is 5. The van der Waals surface area contributed by atoms with Gasteiger partial charge >= 0.3 is 0 Å². The summed E-state index contributed by atoms with van der Waals surface area (Å²) in [5.41, 5.74) is 0.981. The smallest absolute Gasteiger partial charge is 0.271 e. The molecule has 1 amide bonds. The Balaban J connectivity index is 1.87. The molecule has 0 spiro atoms. The summed E-state index contributed by atoms with van der Waals surface area (Å²) in [6.45, 7) is 0. The van der Waals surface area contributed by atoms with Gasteiger partial charge in [-0.3, -0.25) is 14.9 Å². The molecule has 138 valence electrons. The second kappa shape index (κ2) is 8.24. The van der Waals surface area contributed by atoms with Crippen LogP contribution in [0.15, 0.2) is 66.1 Å². The molecule has 1 N–H and O–H groups in total. The third-order valence-corrected chi connectivity index (χ3v) is 5.40. The van der Waals surface area contributed by atoms with E-state index in [-0.39, 0.29) is 16.6 Å². The van der Waals surface area contributed by atoms with Crippen molar-refractivity contribution in [1.82, 2.24) is 9.55 Å². The van der Waals surface area contributed by atoms with Gasteiger partial charge in [0.25, 0.3) is 5.69 Å². The lowest BCUT2D eigenvalue weighted by Crippen LogP contribution is -2.19. The maximum atomic E-state index is 13.0. The van der Waals surface area contributed by atoms with Crippen molar-refractivity contribution in [2.24, 2.45) is 7.05 Å². The van der Waals surface area contributed by atoms with Crippen LogP contribution in [0.25, 0.3) is 0 Å². The second-order valence-electron chi connectivity index (χ2n) is 5.64. The summed E-state index contributed by atoms with van der Waals surface area (Å²) >= 11 is 7.40. The minimum Gasteiger partial charge on any atom is -0.329 e. The number of nitro groups is 1. The van der Waals surface area contributed by atoms with E-state index in [1.807, 2.05) is 41.9 Å². The monoisotopic (exact) mass is 402 g/mol. The van der Waals surface area contributed by atoms with Gasteiger partial charge in [-0.05, 0) is 11.6 Å². The highest BCUT2D eigenvalue weighted by molar-refractivity contribution is 8.00. The molecule has 2 aromatic carbocycles. The quantitative estimate of drug-likeness (QED) is 0.373. The summed E-state index contributed by atoms with van der Waals surface area (Å²) in [6, 6.07) is 13.2. The van der Waals surface area contributed by atoms with Gasteiger partial charge in [0.15, 0.2) is 5.16 Å². The summed E-state index contributed by atoms with van der Waals surface area (Å²) in [5, 5.41) is 13.8. The first-order valence-electron chi connectivity index (χ1n) is 7.89. The third-order valence-electron chi connectivity index (χ3n) is 3.76. The predicted molar refractivity (Wildman–Crippen MR) is 105 cm³/mol. The first-order chi connectivity index (χ1) is 13.0. The lowest BCUT2D eigenvalue weighted by Gasteiger charge is -2.17. The Morgan fingerprint density at radius 2 is 2.04 bits per heavy atom. The number of imidazole rings is 1. The van der Waals surface area contributed by atoms with Crippen LogP contribution in [0.4, 0.5) is 11.4 Å². The van der Waals surface area contributed by atoms with Crippen LogP contribution >= 0.6 is 23.4 Å². The summed E-state index contributed by atoms with van der Waals surface area (Å²) in [4.78, 5) is 27.5. The van der Waals surface area contributed by atoms with Gasteiger partial charge in [0.1, 0.15) is 5.25 Å². The van der Waals surface area contributed by atoms with Crippen LogP contribution in [-0.2, 0) is 11.8 Å². The number of anilines is 1. The Hall–Kier alpha value is -2.84. The molecular weight excluding hydrogens is 388 g/mol. The van der Waals surface area contributed by atoms with Crippen LogP contribution in [0.1, 0.15) is 10.8 Å². The number of nitrogens with one attached hydrogen (secondary N) is 1. The van der Waals surface area contributed by atoms with Gasteiger partial charge in [-0.2, -0.15) is 0 Å². The molecule has 0 aliphatic rings. The fourth-order valence-corrected chi connectivity index (χ4v) is 3.63. The lowest BCUT2D eigenvalue weighted by atomic mass is 10.1. The first-order valence-corrected chi connectivity index (χ1v) is 9.15. The summed E-state index contributed by atoms with van der Waals surface area (Å²) < 4.78 is 1.83. The third kappa shape index (κ3) is 4.47. The van der Waals surface area contributed by atoms with Gasteiger partial charge in [0.2, 0.25) is 5.91 Å². The minimum absolute atomic E-state index is 0.103. The van der Waals surface area contributed by atoms with E-state index in [2.05, 4.69) is 10.3 Å². The largest absolute Gasteiger partial charge is 0.329 e. The van der Waals surface area contributed by atoms with Crippen molar-refractivity contribution < 1.29 is 9.72 Å². The van der Waals surface area contributed by atoms with Crippen LogP contribution in [0.3, 0.4) is 0 Å². The Morgan fingerprint density at radius 1 is 1.30 bits per heavy atom. The second-order valence-corrected chi connectivity index (χ2v) is 7.12. The lowest BCUT2D eigenvalue weighted by molar-refractivity contribution is -0.384. The van der Waals surface area contributed by atoms with E-state index in [1.165, 1.54) is 30.0 Å². The van der Waals surface area contributed by atoms with Gasteiger partial charge in [0.05, 0.1) is 15.6 Å². The molecule has 3 aromatic rings. The number of nitrogens with zero attached hydrogens (tertiary/aromatic N) is 3. The number of aryl methyl sites for hydroxylation is 1. The van der Waals surface area contributed by atoms with Crippen LogP contribution in [0.5, 0.6) is 0 Å². The Kier molecular flexibility index (Phi) is 5.78. The molecule has 0 fully saturated rings. The average Bonchev–Trinajstić information content (AvgIpc) is 3.06. The van der Waals surface area contributed by atoms with Gasteiger partial charge in [-0.1, -0.05) is 53.7 Å². The highest BCUT2D eigenvalue weighted by Gasteiger charge is 2.24. The van der Waals surface area contributed by atoms with Gasteiger partial charge in [-0.15, -0.1) is 0 Å². The van der Waals surface area contributed by atoms with Crippen molar-refractivity contribution in [3.05, 3.63) is 81.6 Å². The highest BCUT2D eigenvalue weighted by atomic mass is 35.5. The number of carbonyl (C=O) groups is 1. The number of benzene rings is 2. The molecule has 1 aromatic heterocycles. The van der Waals surface area contributed by atoms with E-state index in [4.69, 9.17) is 11.6 Å². The average molecular weight is 403 g/mol. The van der Waals surface area contributed by atoms with E-state index in [0.29, 0.717) is 10.8 Å². The molecule has 0 bridgehead atoms. The number of hydrogen-bond donors (Lipinski definition) is 1. The van der Waals surface area contributed by atoms with Crippen LogP contribution in [0.2, 0.25) is 5.02 Å². The molecule has 7 nitrogen and oxygen atoms in total.